The van der Waals surface area contributed by atoms with Crippen molar-refractivity contribution in [2.24, 2.45) is 5.14 Å². The Morgan fingerprint density at radius 2 is 1.79 bits per heavy atom. The summed E-state index contributed by atoms with van der Waals surface area (Å²) in [5, 5.41) is 9.33. The van der Waals surface area contributed by atoms with Crippen LogP contribution in [0.5, 0.6) is 0 Å². The Balaban J connectivity index is 2.15. The van der Waals surface area contributed by atoms with Crippen LogP contribution in [0.2, 0.25) is 0 Å². The van der Waals surface area contributed by atoms with Gasteiger partial charge in [-0.25, -0.2) is 13.6 Å². The molecule has 0 bridgehead atoms. The third-order valence-corrected chi connectivity index (χ3v) is 4.78. The molecule has 0 fully saturated rings. The molecule has 0 atom stereocenters. The largest absolute Gasteiger partial charge is 0.355 e. The Labute approximate surface area is 141 Å². The van der Waals surface area contributed by atoms with E-state index in [2.05, 4.69) is 5.16 Å². The minimum Gasteiger partial charge on any atom is -0.355 e. The second-order valence-electron chi connectivity index (χ2n) is 5.63. The molecule has 24 heavy (non-hydrogen) atoms. The minimum absolute atomic E-state index is 0.0814. The molecule has 2 N–H and O–H groups in total. The first-order valence-corrected chi connectivity index (χ1v) is 9.13. The third kappa shape index (κ3) is 3.11. The van der Waals surface area contributed by atoms with Gasteiger partial charge in [-0.1, -0.05) is 48.0 Å². The first-order valence-electron chi connectivity index (χ1n) is 7.59. The van der Waals surface area contributed by atoms with Gasteiger partial charge < -0.3 is 4.52 Å². The molecule has 0 spiro atoms. The fourth-order valence-electron chi connectivity index (χ4n) is 2.66. The Morgan fingerprint density at radius 1 is 1.08 bits per heavy atom. The zero-order chi connectivity index (χ0) is 17.3. The van der Waals surface area contributed by atoms with Crippen molar-refractivity contribution in [2.75, 3.05) is 0 Å². The number of hydrogen-bond donors (Lipinski definition) is 1. The van der Waals surface area contributed by atoms with Crippen LogP contribution in [0.4, 0.5) is 0 Å². The maximum atomic E-state index is 11.4. The van der Waals surface area contributed by atoms with Crippen LogP contribution in [-0.4, -0.2) is 13.6 Å². The average Bonchev–Trinajstić information content (AvgIpc) is 2.98. The van der Waals surface area contributed by atoms with Gasteiger partial charge in [0, 0.05) is 5.56 Å². The first kappa shape index (κ1) is 16.4. The predicted molar refractivity (Wildman–Crippen MR) is 92.9 cm³/mol. The summed E-state index contributed by atoms with van der Waals surface area (Å²) in [4.78, 5) is 0.0814. The smallest absolute Gasteiger partial charge is 0.238 e. The molecule has 0 aliphatic heterocycles. The third-order valence-electron chi connectivity index (χ3n) is 3.85. The van der Waals surface area contributed by atoms with Gasteiger partial charge in [0.1, 0.15) is 0 Å². The van der Waals surface area contributed by atoms with Crippen molar-refractivity contribution in [3.05, 3.63) is 59.8 Å². The normalized spacial score (nSPS) is 11.6. The highest BCUT2D eigenvalue weighted by atomic mass is 32.2. The van der Waals surface area contributed by atoms with Gasteiger partial charge in [-0.3, -0.25) is 0 Å². The van der Waals surface area contributed by atoms with Gasteiger partial charge >= 0.3 is 0 Å². The molecule has 0 saturated heterocycles. The minimum atomic E-state index is -3.71. The van der Waals surface area contributed by atoms with Crippen molar-refractivity contribution in [3.63, 3.8) is 0 Å². The van der Waals surface area contributed by atoms with E-state index in [1.165, 1.54) is 12.1 Å². The number of nitrogens with two attached hydrogens (primary N) is 1. The number of rotatable bonds is 4. The van der Waals surface area contributed by atoms with Gasteiger partial charge in [0.2, 0.25) is 10.0 Å². The number of sulfonamides is 1. The lowest BCUT2D eigenvalue weighted by molar-refractivity contribution is 0.424. The SMILES string of the molecule is CCc1noc(-c2cccc(C)c2)c1-c1ccc(S(N)(=O)=O)cc1. The van der Waals surface area contributed by atoms with E-state index in [4.69, 9.17) is 9.66 Å². The molecule has 0 amide bonds. The summed E-state index contributed by atoms with van der Waals surface area (Å²) in [6.45, 7) is 4.02. The Kier molecular flexibility index (Phi) is 4.26. The highest BCUT2D eigenvalue weighted by Crippen LogP contribution is 2.36. The van der Waals surface area contributed by atoms with E-state index in [0.29, 0.717) is 12.2 Å². The molecule has 1 heterocycles. The number of nitrogens with zero attached hydrogens (tertiary/aromatic N) is 1. The topological polar surface area (TPSA) is 86.2 Å². The predicted octanol–water partition coefficient (Wildman–Crippen LogP) is 3.53. The summed E-state index contributed by atoms with van der Waals surface area (Å²) in [5.41, 5.74) is 4.61. The summed E-state index contributed by atoms with van der Waals surface area (Å²) >= 11 is 0. The van der Waals surface area contributed by atoms with Crippen LogP contribution < -0.4 is 5.14 Å². The molecule has 3 aromatic rings. The number of primary sulfonamides is 1. The van der Waals surface area contributed by atoms with Crippen molar-refractivity contribution in [3.8, 4) is 22.5 Å². The summed E-state index contributed by atoms with van der Waals surface area (Å²) in [6, 6.07) is 14.4. The Bertz CT molecular complexity index is 974. The fourth-order valence-corrected chi connectivity index (χ4v) is 3.17. The number of aromatic nitrogens is 1. The molecule has 1 aromatic heterocycles. The van der Waals surface area contributed by atoms with Gasteiger partial charge in [0.25, 0.3) is 0 Å². The zero-order valence-corrected chi connectivity index (χ0v) is 14.3. The standard InChI is InChI=1S/C18H18N2O3S/c1-3-16-17(13-7-9-15(10-8-13)24(19,21)22)18(23-20-16)14-6-4-5-12(2)11-14/h4-11H,3H2,1-2H3,(H2,19,21,22). The molecule has 6 heteroatoms. The molecule has 0 aliphatic carbocycles. The molecule has 5 nitrogen and oxygen atoms in total. The van der Waals surface area contributed by atoms with E-state index < -0.39 is 10.0 Å². The molecule has 0 aliphatic rings. The van der Waals surface area contributed by atoms with Crippen LogP contribution in [-0.2, 0) is 16.4 Å². The molecule has 0 unspecified atom stereocenters. The van der Waals surface area contributed by atoms with Crippen molar-refractivity contribution in [1.29, 1.82) is 0 Å². The Hall–Kier alpha value is -2.44. The lowest BCUT2D eigenvalue weighted by Gasteiger charge is -2.06. The fraction of sp³-hybridized carbons (Fsp3) is 0.167. The maximum absolute atomic E-state index is 11.4. The summed E-state index contributed by atoms with van der Waals surface area (Å²) in [7, 11) is -3.71. The van der Waals surface area contributed by atoms with E-state index >= 15 is 0 Å². The van der Waals surface area contributed by atoms with Crippen LogP contribution in [0.3, 0.4) is 0 Å². The molecule has 2 aromatic carbocycles. The summed E-state index contributed by atoms with van der Waals surface area (Å²) < 4.78 is 28.4. The van der Waals surface area contributed by atoms with Crippen LogP contribution in [0.25, 0.3) is 22.5 Å². The molecular formula is C18H18N2O3S. The van der Waals surface area contributed by atoms with Crippen LogP contribution in [0.1, 0.15) is 18.2 Å². The van der Waals surface area contributed by atoms with Crippen molar-refractivity contribution < 1.29 is 12.9 Å². The van der Waals surface area contributed by atoms with E-state index in [9.17, 15) is 8.42 Å². The quantitative estimate of drug-likeness (QED) is 0.786. The van der Waals surface area contributed by atoms with E-state index in [1.807, 2.05) is 38.1 Å². The van der Waals surface area contributed by atoms with Crippen molar-refractivity contribution in [2.45, 2.75) is 25.2 Å². The summed E-state index contributed by atoms with van der Waals surface area (Å²) in [6.07, 6.45) is 0.710. The van der Waals surface area contributed by atoms with Gasteiger partial charge in [-0.05, 0) is 37.1 Å². The lowest BCUT2D eigenvalue weighted by Crippen LogP contribution is -2.11. The highest BCUT2D eigenvalue weighted by molar-refractivity contribution is 7.89. The molecule has 0 radical (unpaired) electrons. The first-order chi connectivity index (χ1) is 11.4. The lowest BCUT2D eigenvalue weighted by atomic mass is 9.98. The average molecular weight is 342 g/mol. The van der Waals surface area contributed by atoms with Crippen LogP contribution in [0.15, 0.2) is 57.9 Å². The second kappa shape index (κ2) is 6.22. The number of hydrogen-bond acceptors (Lipinski definition) is 4. The highest BCUT2D eigenvalue weighted by Gasteiger charge is 2.19. The van der Waals surface area contributed by atoms with Crippen LogP contribution >= 0.6 is 0 Å². The Morgan fingerprint density at radius 3 is 2.38 bits per heavy atom. The molecule has 0 saturated carbocycles. The van der Waals surface area contributed by atoms with Gasteiger partial charge in [-0.2, -0.15) is 0 Å². The van der Waals surface area contributed by atoms with Gasteiger partial charge in [0.05, 0.1) is 16.2 Å². The summed E-state index contributed by atoms with van der Waals surface area (Å²) in [5.74, 6) is 0.680. The van der Waals surface area contributed by atoms with Crippen LogP contribution in [0, 0.1) is 6.92 Å². The molecule has 3 rings (SSSR count). The second-order valence-corrected chi connectivity index (χ2v) is 7.19. The van der Waals surface area contributed by atoms with Gasteiger partial charge in [0.15, 0.2) is 5.76 Å². The molecule has 124 valence electrons. The number of benzene rings is 2. The van der Waals surface area contributed by atoms with Crippen molar-refractivity contribution >= 4 is 10.0 Å². The van der Waals surface area contributed by atoms with Crippen molar-refractivity contribution in [1.82, 2.24) is 5.16 Å². The monoisotopic (exact) mass is 342 g/mol. The number of aryl methyl sites for hydroxylation is 2. The maximum Gasteiger partial charge on any atom is 0.238 e. The van der Waals surface area contributed by atoms with Gasteiger partial charge in [-0.15, -0.1) is 0 Å². The zero-order valence-electron chi connectivity index (χ0n) is 13.5. The van der Waals surface area contributed by atoms with E-state index in [0.717, 1.165) is 27.9 Å². The molecular weight excluding hydrogens is 324 g/mol. The van der Waals surface area contributed by atoms with E-state index in [1.54, 1.807) is 12.1 Å². The van der Waals surface area contributed by atoms with E-state index in [-0.39, 0.29) is 4.90 Å².